The lowest BCUT2D eigenvalue weighted by Gasteiger charge is -2.34. The number of urea groups is 1. The van der Waals surface area contributed by atoms with Gasteiger partial charge in [-0.2, -0.15) is 0 Å². The Balaban J connectivity index is 1.41. The molecule has 0 bridgehead atoms. The second-order valence-electron chi connectivity index (χ2n) is 6.65. The number of amides is 2. The zero-order valence-electron chi connectivity index (χ0n) is 15.7. The minimum Gasteiger partial charge on any atom is -0.496 e. The maximum atomic E-state index is 13.8. The highest BCUT2D eigenvalue weighted by Gasteiger charge is 2.21. The number of carbonyl (C=O) groups is 1. The number of nitrogens with zero attached hydrogens (tertiary/aromatic N) is 2. The Bertz CT molecular complexity index is 761. The number of hydrogen-bond acceptors (Lipinski definition) is 3. The molecule has 0 atom stereocenters. The zero-order valence-corrected chi connectivity index (χ0v) is 15.7. The molecule has 1 aliphatic heterocycles. The van der Waals surface area contributed by atoms with E-state index in [0.717, 1.165) is 30.8 Å². The number of para-hydroxylation sites is 1. The molecule has 3 rings (SSSR count). The number of hydrogen-bond donors (Lipinski definition) is 1. The molecule has 0 unspecified atom stereocenters. The summed E-state index contributed by atoms with van der Waals surface area (Å²) in [7, 11) is 1.65. The van der Waals surface area contributed by atoms with Crippen LogP contribution in [0, 0.1) is 5.82 Å². The maximum absolute atomic E-state index is 13.8. The lowest BCUT2D eigenvalue weighted by Crippen LogP contribution is -2.51. The summed E-state index contributed by atoms with van der Waals surface area (Å²) in [6.07, 6.45) is 0.725. The van der Waals surface area contributed by atoms with Gasteiger partial charge in [-0.25, -0.2) is 9.18 Å². The van der Waals surface area contributed by atoms with Crippen LogP contribution in [0.5, 0.6) is 5.75 Å². The van der Waals surface area contributed by atoms with E-state index in [1.54, 1.807) is 13.2 Å². The predicted molar refractivity (Wildman–Crippen MR) is 103 cm³/mol. The average molecular weight is 371 g/mol. The monoisotopic (exact) mass is 371 g/mol. The molecule has 1 heterocycles. The van der Waals surface area contributed by atoms with Crippen LogP contribution in [-0.4, -0.2) is 55.7 Å². The molecule has 1 aliphatic rings. The Morgan fingerprint density at radius 1 is 1.04 bits per heavy atom. The highest BCUT2D eigenvalue weighted by molar-refractivity contribution is 5.74. The van der Waals surface area contributed by atoms with Crippen molar-refractivity contribution >= 4 is 6.03 Å². The number of nitrogens with one attached hydrogen (secondary N) is 1. The number of methoxy groups -OCH3 is 1. The highest BCUT2D eigenvalue weighted by Crippen LogP contribution is 2.17. The van der Waals surface area contributed by atoms with Crippen LogP contribution in [-0.2, 0) is 13.0 Å². The number of halogens is 1. The molecule has 1 fully saturated rings. The van der Waals surface area contributed by atoms with Gasteiger partial charge in [-0.15, -0.1) is 0 Å². The van der Waals surface area contributed by atoms with Gasteiger partial charge < -0.3 is 15.0 Å². The molecule has 1 saturated heterocycles. The number of piperazine rings is 1. The van der Waals surface area contributed by atoms with Gasteiger partial charge in [0.15, 0.2) is 0 Å². The third-order valence-electron chi connectivity index (χ3n) is 4.87. The summed E-state index contributed by atoms with van der Waals surface area (Å²) >= 11 is 0. The van der Waals surface area contributed by atoms with Gasteiger partial charge >= 0.3 is 6.03 Å². The smallest absolute Gasteiger partial charge is 0.317 e. The fourth-order valence-corrected chi connectivity index (χ4v) is 3.30. The van der Waals surface area contributed by atoms with Crippen LogP contribution in [0.25, 0.3) is 0 Å². The van der Waals surface area contributed by atoms with E-state index in [-0.39, 0.29) is 11.8 Å². The molecule has 0 spiro atoms. The van der Waals surface area contributed by atoms with Crippen LogP contribution >= 0.6 is 0 Å². The molecule has 0 saturated carbocycles. The second-order valence-corrected chi connectivity index (χ2v) is 6.65. The Morgan fingerprint density at radius 2 is 1.70 bits per heavy atom. The number of benzene rings is 2. The largest absolute Gasteiger partial charge is 0.496 e. The van der Waals surface area contributed by atoms with Crippen LogP contribution in [0.15, 0.2) is 48.5 Å². The van der Waals surface area contributed by atoms with Gasteiger partial charge in [-0.3, -0.25) is 4.90 Å². The van der Waals surface area contributed by atoms with Crippen molar-refractivity contribution in [3.8, 4) is 5.75 Å². The third-order valence-corrected chi connectivity index (χ3v) is 4.87. The lowest BCUT2D eigenvalue weighted by atomic mass is 10.1. The van der Waals surface area contributed by atoms with E-state index in [1.807, 2.05) is 41.3 Å². The first kappa shape index (κ1) is 19.2. The van der Waals surface area contributed by atoms with Crippen molar-refractivity contribution in [2.75, 3.05) is 39.8 Å². The van der Waals surface area contributed by atoms with Crippen molar-refractivity contribution in [3.05, 3.63) is 65.5 Å². The molecule has 0 aromatic heterocycles. The SMILES string of the molecule is COc1ccccc1CCNC(=O)N1CCN(Cc2ccccc2F)CC1. The zero-order chi connectivity index (χ0) is 19.1. The van der Waals surface area contributed by atoms with E-state index < -0.39 is 0 Å². The van der Waals surface area contributed by atoms with Gasteiger partial charge in [0.2, 0.25) is 0 Å². The molecule has 27 heavy (non-hydrogen) atoms. The van der Waals surface area contributed by atoms with E-state index in [4.69, 9.17) is 4.74 Å². The van der Waals surface area contributed by atoms with E-state index in [9.17, 15) is 9.18 Å². The highest BCUT2D eigenvalue weighted by atomic mass is 19.1. The summed E-state index contributed by atoms with van der Waals surface area (Å²) in [6.45, 7) is 3.93. The molecule has 144 valence electrons. The van der Waals surface area contributed by atoms with E-state index in [2.05, 4.69) is 10.2 Å². The van der Waals surface area contributed by atoms with Gasteiger partial charge in [-0.05, 0) is 24.1 Å². The Hall–Kier alpha value is -2.60. The summed E-state index contributed by atoms with van der Waals surface area (Å²) in [5, 5.41) is 2.98. The molecular weight excluding hydrogens is 345 g/mol. The molecule has 0 aliphatic carbocycles. The van der Waals surface area contributed by atoms with E-state index in [0.29, 0.717) is 31.7 Å². The first-order chi connectivity index (χ1) is 13.2. The number of ether oxygens (including phenoxy) is 1. The Kier molecular flexibility index (Phi) is 6.65. The van der Waals surface area contributed by atoms with Crippen molar-refractivity contribution in [2.45, 2.75) is 13.0 Å². The van der Waals surface area contributed by atoms with Crippen LogP contribution in [0.2, 0.25) is 0 Å². The molecule has 6 heteroatoms. The summed E-state index contributed by atoms with van der Waals surface area (Å²) in [6, 6.07) is 14.6. The van der Waals surface area contributed by atoms with Crippen molar-refractivity contribution in [1.82, 2.24) is 15.1 Å². The van der Waals surface area contributed by atoms with Crippen molar-refractivity contribution in [2.24, 2.45) is 0 Å². The minimum absolute atomic E-state index is 0.0459. The topological polar surface area (TPSA) is 44.8 Å². The fourth-order valence-electron chi connectivity index (χ4n) is 3.30. The molecule has 2 aromatic rings. The summed E-state index contributed by atoms with van der Waals surface area (Å²) < 4.78 is 19.1. The van der Waals surface area contributed by atoms with E-state index in [1.165, 1.54) is 6.07 Å². The van der Waals surface area contributed by atoms with Crippen LogP contribution in [0.4, 0.5) is 9.18 Å². The van der Waals surface area contributed by atoms with Crippen molar-refractivity contribution in [3.63, 3.8) is 0 Å². The van der Waals surface area contributed by atoms with Gasteiger partial charge in [0.1, 0.15) is 11.6 Å². The summed E-state index contributed by atoms with van der Waals surface area (Å²) in [4.78, 5) is 16.4. The first-order valence-electron chi connectivity index (χ1n) is 9.28. The summed E-state index contributed by atoms with van der Waals surface area (Å²) in [5.41, 5.74) is 1.78. The molecule has 2 amide bonds. The fraction of sp³-hybridized carbons (Fsp3) is 0.381. The van der Waals surface area contributed by atoms with Crippen LogP contribution in [0.1, 0.15) is 11.1 Å². The van der Waals surface area contributed by atoms with Gasteiger partial charge in [0.25, 0.3) is 0 Å². The number of rotatable bonds is 6. The molecular formula is C21H26FN3O2. The molecule has 1 N–H and O–H groups in total. The molecule has 0 radical (unpaired) electrons. The average Bonchev–Trinajstić information content (AvgIpc) is 2.70. The van der Waals surface area contributed by atoms with Gasteiger partial charge in [0, 0.05) is 44.8 Å². The third kappa shape index (κ3) is 5.20. The second kappa shape index (κ2) is 9.37. The van der Waals surface area contributed by atoms with Crippen molar-refractivity contribution < 1.29 is 13.9 Å². The Labute approximate surface area is 159 Å². The van der Waals surface area contributed by atoms with Gasteiger partial charge in [0.05, 0.1) is 7.11 Å². The Morgan fingerprint density at radius 3 is 2.41 bits per heavy atom. The summed E-state index contributed by atoms with van der Waals surface area (Å²) in [5.74, 6) is 0.669. The van der Waals surface area contributed by atoms with Crippen LogP contribution < -0.4 is 10.1 Å². The standard InChI is InChI=1S/C21H26FN3O2/c1-27-20-9-5-3-6-17(20)10-11-23-21(26)25-14-12-24(13-15-25)16-18-7-2-4-8-19(18)22/h2-9H,10-16H2,1H3,(H,23,26). The van der Waals surface area contributed by atoms with Gasteiger partial charge in [-0.1, -0.05) is 36.4 Å². The maximum Gasteiger partial charge on any atom is 0.317 e. The predicted octanol–water partition coefficient (Wildman–Crippen LogP) is 2.90. The van der Waals surface area contributed by atoms with Crippen LogP contribution in [0.3, 0.4) is 0 Å². The normalized spacial score (nSPS) is 14.8. The lowest BCUT2D eigenvalue weighted by molar-refractivity contribution is 0.134. The first-order valence-corrected chi connectivity index (χ1v) is 9.28. The quantitative estimate of drug-likeness (QED) is 0.849. The van der Waals surface area contributed by atoms with E-state index >= 15 is 0 Å². The molecule has 2 aromatic carbocycles. The number of carbonyl (C=O) groups excluding carboxylic acids is 1. The molecule has 5 nitrogen and oxygen atoms in total. The van der Waals surface area contributed by atoms with Crippen molar-refractivity contribution in [1.29, 1.82) is 0 Å². The minimum atomic E-state index is -0.172.